The number of tetrazole rings is 1. The Kier molecular flexibility index (Phi) is 4.94. The average molecular weight is 287 g/mol. The van der Waals surface area contributed by atoms with Crippen molar-refractivity contribution in [2.45, 2.75) is 53.0 Å². The first-order valence-electron chi connectivity index (χ1n) is 7.64. The molecule has 1 heterocycles. The summed E-state index contributed by atoms with van der Waals surface area (Å²) in [6.45, 7) is 8.70. The van der Waals surface area contributed by atoms with Gasteiger partial charge in [-0.05, 0) is 48.2 Å². The van der Waals surface area contributed by atoms with Crippen molar-refractivity contribution in [3.63, 3.8) is 0 Å². The highest BCUT2D eigenvalue weighted by Gasteiger charge is 2.18. The number of hydrogen-bond donors (Lipinski definition) is 1. The third-order valence-corrected chi connectivity index (χ3v) is 3.84. The summed E-state index contributed by atoms with van der Waals surface area (Å²) in [6, 6.07) is 6.15. The van der Waals surface area contributed by atoms with Crippen LogP contribution in [0.25, 0.3) is 11.4 Å². The molecule has 21 heavy (non-hydrogen) atoms. The Morgan fingerprint density at radius 2 is 1.95 bits per heavy atom. The lowest BCUT2D eigenvalue weighted by Gasteiger charge is -2.15. The first-order chi connectivity index (χ1) is 10.0. The van der Waals surface area contributed by atoms with Crippen LogP contribution in [-0.4, -0.2) is 20.2 Å². The standard InChI is InChI=1S/C16H25N5/c1-11(2)7-5-9-13(4)21-16(18-19-20-21)15-12(3)8-6-10-14(15)17/h6,8,10-11,13H,5,7,9,17H2,1-4H3. The Bertz CT molecular complexity index is 568. The lowest BCUT2D eigenvalue weighted by atomic mass is 10.0. The molecule has 1 atom stereocenters. The molecule has 0 aliphatic carbocycles. The van der Waals surface area contributed by atoms with E-state index in [9.17, 15) is 0 Å². The highest BCUT2D eigenvalue weighted by Crippen LogP contribution is 2.29. The van der Waals surface area contributed by atoms with Gasteiger partial charge in [-0.15, -0.1) is 5.10 Å². The maximum Gasteiger partial charge on any atom is 0.184 e. The molecular formula is C16H25N5. The molecule has 0 saturated heterocycles. The van der Waals surface area contributed by atoms with Crippen molar-refractivity contribution in [1.82, 2.24) is 20.2 Å². The lowest BCUT2D eigenvalue weighted by molar-refractivity contribution is 0.414. The summed E-state index contributed by atoms with van der Waals surface area (Å²) in [5.74, 6) is 1.50. The first kappa shape index (κ1) is 15.5. The van der Waals surface area contributed by atoms with E-state index < -0.39 is 0 Å². The van der Waals surface area contributed by atoms with Crippen LogP contribution in [0.1, 0.15) is 51.6 Å². The molecule has 0 bridgehead atoms. The van der Waals surface area contributed by atoms with Gasteiger partial charge < -0.3 is 5.73 Å². The molecule has 5 heteroatoms. The second-order valence-corrected chi connectivity index (χ2v) is 6.16. The van der Waals surface area contributed by atoms with Gasteiger partial charge >= 0.3 is 0 Å². The van der Waals surface area contributed by atoms with Crippen LogP contribution in [0.4, 0.5) is 5.69 Å². The minimum atomic E-state index is 0.271. The van der Waals surface area contributed by atoms with Crippen LogP contribution in [0.3, 0.4) is 0 Å². The van der Waals surface area contributed by atoms with E-state index in [0.29, 0.717) is 0 Å². The molecule has 2 N–H and O–H groups in total. The van der Waals surface area contributed by atoms with Gasteiger partial charge in [0.15, 0.2) is 5.82 Å². The molecule has 0 fully saturated rings. The predicted octanol–water partition coefficient (Wildman–Crippen LogP) is 3.62. The summed E-state index contributed by atoms with van der Waals surface area (Å²) in [5, 5.41) is 12.2. The van der Waals surface area contributed by atoms with Crippen molar-refractivity contribution in [3.05, 3.63) is 23.8 Å². The van der Waals surface area contributed by atoms with E-state index in [4.69, 9.17) is 5.73 Å². The van der Waals surface area contributed by atoms with E-state index in [1.54, 1.807) is 0 Å². The van der Waals surface area contributed by atoms with Gasteiger partial charge in [-0.3, -0.25) is 0 Å². The first-order valence-corrected chi connectivity index (χ1v) is 7.64. The number of nitrogens with zero attached hydrogens (tertiary/aromatic N) is 4. The minimum Gasteiger partial charge on any atom is -0.398 e. The number of rotatable bonds is 6. The predicted molar refractivity (Wildman–Crippen MR) is 85.8 cm³/mol. The zero-order valence-corrected chi connectivity index (χ0v) is 13.4. The van der Waals surface area contributed by atoms with Gasteiger partial charge in [0.25, 0.3) is 0 Å². The highest BCUT2D eigenvalue weighted by molar-refractivity contribution is 5.74. The molecule has 1 aromatic carbocycles. The van der Waals surface area contributed by atoms with E-state index in [2.05, 4.69) is 36.3 Å². The normalized spacial score (nSPS) is 12.8. The van der Waals surface area contributed by atoms with Gasteiger partial charge in [0.2, 0.25) is 0 Å². The van der Waals surface area contributed by atoms with Crippen molar-refractivity contribution >= 4 is 5.69 Å². The van der Waals surface area contributed by atoms with Crippen molar-refractivity contribution < 1.29 is 0 Å². The van der Waals surface area contributed by atoms with Gasteiger partial charge in [0.05, 0.1) is 6.04 Å². The van der Waals surface area contributed by atoms with Crippen LogP contribution in [0, 0.1) is 12.8 Å². The molecule has 0 radical (unpaired) electrons. The van der Waals surface area contributed by atoms with Crippen molar-refractivity contribution in [1.29, 1.82) is 0 Å². The number of hydrogen-bond acceptors (Lipinski definition) is 4. The van der Waals surface area contributed by atoms with Gasteiger partial charge in [0.1, 0.15) is 0 Å². The Labute approximate surface area is 126 Å². The van der Waals surface area contributed by atoms with Gasteiger partial charge in [-0.1, -0.05) is 38.8 Å². The van der Waals surface area contributed by atoms with Crippen molar-refractivity contribution in [2.75, 3.05) is 5.73 Å². The van der Waals surface area contributed by atoms with Crippen LogP contribution >= 0.6 is 0 Å². The minimum absolute atomic E-state index is 0.271. The van der Waals surface area contributed by atoms with Gasteiger partial charge in [-0.2, -0.15) is 0 Å². The third-order valence-electron chi connectivity index (χ3n) is 3.84. The summed E-state index contributed by atoms with van der Waals surface area (Å²) < 4.78 is 1.90. The fraction of sp³-hybridized carbons (Fsp3) is 0.562. The van der Waals surface area contributed by atoms with Crippen molar-refractivity contribution in [2.24, 2.45) is 5.92 Å². The zero-order chi connectivity index (χ0) is 15.4. The SMILES string of the molecule is Cc1cccc(N)c1-c1nnnn1C(C)CCCC(C)C. The number of aryl methyl sites for hydroxylation is 1. The third kappa shape index (κ3) is 3.60. The van der Waals surface area contributed by atoms with Crippen LogP contribution in [0.5, 0.6) is 0 Å². The summed E-state index contributed by atoms with van der Waals surface area (Å²) in [7, 11) is 0. The largest absolute Gasteiger partial charge is 0.398 e. The van der Waals surface area contributed by atoms with Crippen LogP contribution in [0.2, 0.25) is 0 Å². The smallest absolute Gasteiger partial charge is 0.184 e. The topological polar surface area (TPSA) is 69.6 Å². The fourth-order valence-electron chi connectivity index (χ4n) is 2.59. The van der Waals surface area contributed by atoms with Crippen LogP contribution in [-0.2, 0) is 0 Å². The summed E-state index contributed by atoms with van der Waals surface area (Å²) in [4.78, 5) is 0. The second-order valence-electron chi connectivity index (χ2n) is 6.16. The van der Waals surface area contributed by atoms with E-state index in [0.717, 1.165) is 35.0 Å². The quantitative estimate of drug-likeness (QED) is 0.824. The molecule has 0 amide bonds. The van der Waals surface area contributed by atoms with Gasteiger partial charge in [0, 0.05) is 11.3 Å². The second kappa shape index (κ2) is 6.70. The Morgan fingerprint density at radius 1 is 1.19 bits per heavy atom. The van der Waals surface area contributed by atoms with Gasteiger partial charge in [-0.25, -0.2) is 4.68 Å². The molecule has 114 valence electrons. The van der Waals surface area contributed by atoms with Crippen molar-refractivity contribution in [3.8, 4) is 11.4 Å². The monoisotopic (exact) mass is 287 g/mol. The lowest BCUT2D eigenvalue weighted by Crippen LogP contribution is -2.10. The molecule has 0 aliphatic heterocycles. The van der Waals surface area contributed by atoms with E-state index in [1.165, 1.54) is 12.8 Å². The van der Waals surface area contributed by atoms with E-state index in [1.807, 2.05) is 29.8 Å². The molecule has 5 nitrogen and oxygen atoms in total. The Morgan fingerprint density at radius 3 is 2.62 bits per heavy atom. The summed E-state index contributed by atoms with van der Waals surface area (Å²) in [6.07, 6.45) is 3.48. The number of nitrogens with two attached hydrogens (primary N) is 1. The number of anilines is 1. The molecule has 2 rings (SSSR count). The maximum atomic E-state index is 6.11. The number of aromatic nitrogens is 4. The number of benzene rings is 1. The number of nitrogen functional groups attached to an aromatic ring is 1. The molecule has 0 aliphatic rings. The van der Waals surface area contributed by atoms with Crippen LogP contribution < -0.4 is 5.73 Å². The fourth-order valence-corrected chi connectivity index (χ4v) is 2.59. The zero-order valence-electron chi connectivity index (χ0n) is 13.4. The Balaban J connectivity index is 2.22. The van der Waals surface area contributed by atoms with E-state index >= 15 is 0 Å². The maximum absolute atomic E-state index is 6.11. The molecule has 1 aromatic heterocycles. The van der Waals surface area contributed by atoms with Crippen LogP contribution in [0.15, 0.2) is 18.2 Å². The molecular weight excluding hydrogens is 262 g/mol. The summed E-state index contributed by atoms with van der Waals surface area (Å²) >= 11 is 0. The molecule has 1 unspecified atom stereocenters. The average Bonchev–Trinajstić information content (AvgIpc) is 2.87. The summed E-state index contributed by atoms with van der Waals surface area (Å²) in [5.41, 5.74) is 8.88. The molecule has 0 spiro atoms. The Hall–Kier alpha value is -1.91. The molecule has 2 aromatic rings. The van der Waals surface area contributed by atoms with E-state index in [-0.39, 0.29) is 6.04 Å². The highest BCUT2D eigenvalue weighted by atomic mass is 15.5. The molecule has 0 saturated carbocycles.